The minimum absolute atomic E-state index is 0.139. The maximum Gasteiger partial charge on any atom is 0.220 e. The molecule has 1 N–H and O–H groups in total. The summed E-state index contributed by atoms with van der Waals surface area (Å²) in [6.45, 7) is 3.53. The molecule has 28 heavy (non-hydrogen) atoms. The van der Waals surface area contributed by atoms with Crippen molar-refractivity contribution in [2.45, 2.75) is 110 Å². The molecule has 6 nitrogen and oxygen atoms in total. The second kappa shape index (κ2) is 18.4. The van der Waals surface area contributed by atoms with Gasteiger partial charge in [0, 0.05) is 12.5 Å². The van der Waals surface area contributed by atoms with Crippen molar-refractivity contribution in [2.75, 3.05) is 6.61 Å². The Kier molecular flexibility index (Phi) is 17.9. The van der Waals surface area contributed by atoms with E-state index < -0.39 is 13.9 Å². The summed E-state index contributed by atoms with van der Waals surface area (Å²) in [5.41, 5.74) is 0. The number of nitrogens with one attached hydrogen (secondary N) is 1. The first kappa shape index (κ1) is 27.3. The second-order valence-corrected chi connectivity index (χ2v) is 8.70. The van der Waals surface area contributed by atoms with Crippen LogP contribution in [-0.4, -0.2) is 18.6 Å². The summed E-state index contributed by atoms with van der Waals surface area (Å²) in [5, 5.41) is 2.63. The monoisotopic (exact) mass is 417 g/mol. The maximum absolute atomic E-state index is 11.7. The fourth-order valence-electron chi connectivity index (χ4n) is 2.95. The van der Waals surface area contributed by atoms with Gasteiger partial charge in [-0.05, 0) is 39.0 Å². The second-order valence-electron chi connectivity index (χ2n) is 7.55. The highest BCUT2D eigenvalue weighted by molar-refractivity contribution is 7.43. The number of carbonyl (C=O) groups excluding carboxylic acids is 1. The molecule has 0 aliphatic rings. The molecule has 0 bridgehead atoms. The van der Waals surface area contributed by atoms with Crippen molar-refractivity contribution >= 4 is 13.7 Å². The number of hydrogen-bond acceptors (Lipinski definition) is 5. The Morgan fingerprint density at radius 3 is 1.96 bits per heavy atom. The lowest BCUT2D eigenvalue weighted by Crippen LogP contribution is -2.36. The Hall–Kier alpha value is -0.680. The van der Waals surface area contributed by atoms with Crippen LogP contribution in [0.2, 0.25) is 0 Å². The highest BCUT2D eigenvalue weighted by Crippen LogP contribution is 2.24. The summed E-state index contributed by atoms with van der Waals surface area (Å²) in [7, 11) is -4.97. The molecule has 0 radical (unpaired) electrons. The van der Waals surface area contributed by atoms with Crippen LogP contribution in [0.4, 0.5) is 0 Å². The maximum atomic E-state index is 11.7. The molecule has 0 aromatic rings. The number of carbonyl (C=O) groups is 1. The molecule has 0 aromatic heterocycles. The molecule has 0 heterocycles. The Morgan fingerprint density at radius 2 is 1.43 bits per heavy atom. The van der Waals surface area contributed by atoms with Gasteiger partial charge in [-0.15, -0.1) is 0 Å². The summed E-state index contributed by atoms with van der Waals surface area (Å²) in [6.07, 6.45) is 20.7. The minimum atomic E-state index is -4.97. The third-order valence-electron chi connectivity index (χ3n) is 4.56. The number of phosphoric ester groups is 1. The molecule has 0 rings (SSSR count). The Labute approximate surface area is 171 Å². The van der Waals surface area contributed by atoms with Gasteiger partial charge in [0.25, 0.3) is 0 Å². The average molecular weight is 418 g/mol. The number of hydrogen-bond donors (Lipinski definition) is 1. The first-order valence-corrected chi connectivity index (χ1v) is 12.4. The molecular weight excluding hydrogens is 377 g/mol. The van der Waals surface area contributed by atoms with Gasteiger partial charge in [0.15, 0.2) is 0 Å². The Bertz CT molecular complexity index is 450. The number of amides is 1. The minimum Gasteiger partial charge on any atom is -0.790 e. The van der Waals surface area contributed by atoms with E-state index in [1.807, 2.05) is 0 Å². The molecule has 0 saturated carbocycles. The standard InChI is InChI=1S/C21H42NO5P/c1-3-4-5-6-7-8-9-10-11-12-13-14-15-16-17-18-21(23)22-20(2)19-27-28(24,25)26/h10-11,20H,3-9,12-19H2,1-2H3,(H,22,23)(H2,24,25,26)/p-2/b11-10-/t20-/m0/s1. The highest BCUT2D eigenvalue weighted by atomic mass is 31.2. The number of rotatable bonds is 19. The van der Waals surface area contributed by atoms with Crippen LogP contribution >= 0.6 is 7.82 Å². The van der Waals surface area contributed by atoms with Gasteiger partial charge in [0.05, 0.1) is 14.4 Å². The van der Waals surface area contributed by atoms with E-state index >= 15 is 0 Å². The molecular formula is C21H40NO5P-2. The van der Waals surface area contributed by atoms with Crippen LogP contribution in [0.15, 0.2) is 12.2 Å². The van der Waals surface area contributed by atoms with Gasteiger partial charge in [0.2, 0.25) is 5.91 Å². The van der Waals surface area contributed by atoms with E-state index in [1.165, 1.54) is 57.8 Å². The molecule has 7 heteroatoms. The predicted molar refractivity (Wildman–Crippen MR) is 111 cm³/mol. The van der Waals surface area contributed by atoms with Crippen molar-refractivity contribution < 1.29 is 23.7 Å². The van der Waals surface area contributed by atoms with Gasteiger partial charge >= 0.3 is 0 Å². The van der Waals surface area contributed by atoms with Gasteiger partial charge in [-0.3, -0.25) is 4.79 Å². The van der Waals surface area contributed by atoms with Crippen LogP contribution in [0.25, 0.3) is 0 Å². The lowest BCUT2D eigenvalue weighted by molar-refractivity contribution is -0.342. The van der Waals surface area contributed by atoms with Crippen LogP contribution in [0.3, 0.4) is 0 Å². The first-order valence-electron chi connectivity index (χ1n) is 11.0. The van der Waals surface area contributed by atoms with Crippen LogP contribution in [0, 0.1) is 0 Å². The molecule has 1 atom stereocenters. The van der Waals surface area contributed by atoms with E-state index in [-0.39, 0.29) is 12.5 Å². The normalized spacial score (nSPS) is 13.1. The molecule has 0 saturated heterocycles. The summed E-state index contributed by atoms with van der Waals surface area (Å²) < 4.78 is 14.5. The van der Waals surface area contributed by atoms with Gasteiger partial charge in [-0.2, -0.15) is 0 Å². The Morgan fingerprint density at radius 1 is 0.929 bits per heavy atom. The summed E-state index contributed by atoms with van der Waals surface area (Å²) in [5.74, 6) is -0.139. The van der Waals surface area contributed by atoms with E-state index in [4.69, 9.17) is 0 Å². The average Bonchev–Trinajstić information content (AvgIpc) is 2.62. The summed E-state index contributed by atoms with van der Waals surface area (Å²) in [6, 6.07) is -0.494. The van der Waals surface area contributed by atoms with Gasteiger partial charge in [-0.1, -0.05) is 70.4 Å². The number of phosphoric acid groups is 1. The molecule has 0 aliphatic heterocycles. The molecule has 0 unspecified atom stereocenters. The zero-order chi connectivity index (χ0) is 21.1. The van der Waals surface area contributed by atoms with E-state index in [2.05, 4.69) is 28.9 Å². The van der Waals surface area contributed by atoms with E-state index in [9.17, 15) is 19.1 Å². The zero-order valence-corrected chi connectivity index (χ0v) is 18.7. The quantitative estimate of drug-likeness (QED) is 0.191. The third-order valence-corrected chi connectivity index (χ3v) is 5.02. The van der Waals surface area contributed by atoms with Gasteiger partial charge in [-0.25, -0.2) is 0 Å². The van der Waals surface area contributed by atoms with Crippen LogP contribution in [0.1, 0.15) is 104 Å². The highest BCUT2D eigenvalue weighted by Gasteiger charge is 2.07. The van der Waals surface area contributed by atoms with Gasteiger partial charge in [0.1, 0.15) is 0 Å². The van der Waals surface area contributed by atoms with Crippen molar-refractivity contribution in [1.82, 2.24) is 5.32 Å². The van der Waals surface area contributed by atoms with Crippen molar-refractivity contribution in [3.8, 4) is 0 Å². The van der Waals surface area contributed by atoms with E-state index in [0.29, 0.717) is 6.42 Å². The lowest BCUT2D eigenvalue weighted by atomic mass is 10.1. The smallest absolute Gasteiger partial charge is 0.220 e. The van der Waals surface area contributed by atoms with Crippen molar-refractivity contribution in [3.05, 3.63) is 12.2 Å². The molecule has 166 valence electrons. The SMILES string of the molecule is CCCCCCCC/C=C\CCCCCCCC(=O)N[C@@H](C)COP(=O)([O-])[O-]. The topological polar surface area (TPSA) is 102 Å². The largest absolute Gasteiger partial charge is 0.790 e. The summed E-state index contributed by atoms with van der Waals surface area (Å²) >= 11 is 0. The van der Waals surface area contributed by atoms with E-state index in [1.54, 1.807) is 6.92 Å². The molecule has 0 aliphatic carbocycles. The van der Waals surface area contributed by atoms with Crippen molar-refractivity contribution in [2.24, 2.45) is 0 Å². The summed E-state index contributed by atoms with van der Waals surface area (Å²) in [4.78, 5) is 32.5. The number of allylic oxidation sites excluding steroid dienone is 2. The van der Waals surface area contributed by atoms with Crippen LogP contribution < -0.4 is 15.1 Å². The van der Waals surface area contributed by atoms with Gasteiger partial charge < -0.3 is 24.2 Å². The lowest BCUT2D eigenvalue weighted by Gasteiger charge is -2.30. The first-order chi connectivity index (χ1) is 13.3. The molecule has 0 spiro atoms. The van der Waals surface area contributed by atoms with Crippen LogP contribution in [-0.2, 0) is 13.9 Å². The molecule has 1 amide bonds. The van der Waals surface area contributed by atoms with Crippen LogP contribution in [0.5, 0.6) is 0 Å². The third kappa shape index (κ3) is 21.6. The molecule has 0 fully saturated rings. The van der Waals surface area contributed by atoms with E-state index in [0.717, 1.165) is 25.7 Å². The number of unbranched alkanes of at least 4 members (excludes halogenated alkanes) is 11. The fraction of sp³-hybridized carbons (Fsp3) is 0.857. The zero-order valence-electron chi connectivity index (χ0n) is 17.8. The fourth-order valence-corrected chi connectivity index (χ4v) is 3.35. The Balaban J connectivity index is 3.39. The van der Waals surface area contributed by atoms with Crippen molar-refractivity contribution in [1.29, 1.82) is 0 Å². The molecule has 0 aromatic carbocycles. The predicted octanol–water partition coefficient (Wildman–Crippen LogP) is 4.37. The van der Waals surface area contributed by atoms with Crippen molar-refractivity contribution in [3.63, 3.8) is 0 Å².